The standard InChI is InChI=1S/C15H12ClN3OS/c1-20-14-7-6-12(8-13(14)16)19-15(21)18-11-4-2-10(9-17)3-5-11/h2-8H,1H3,(H2,18,19,21). The summed E-state index contributed by atoms with van der Waals surface area (Å²) in [5, 5.41) is 15.7. The van der Waals surface area contributed by atoms with E-state index in [1.54, 1.807) is 43.5 Å². The Morgan fingerprint density at radius 3 is 2.33 bits per heavy atom. The van der Waals surface area contributed by atoms with Crippen LogP contribution in [0.5, 0.6) is 5.75 Å². The number of thiocarbonyl (C=S) groups is 1. The maximum atomic E-state index is 8.74. The van der Waals surface area contributed by atoms with Gasteiger partial charge in [0.25, 0.3) is 0 Å². The summed E-state index contributed by atoms with van der Waals surface area (Å²) < 4.78 is 5.09. The molecule has 0 unspecified atom stereocenters. The smallest absolute Gasteiger partial charge is 0.175 e. The molecule has 0 bridgehead atoms. The van der Waals surface area contributed by atoms with Gasteiger partial charge >= 0.3 is 0 Å². The molecule has 6 heteroatoms. The Hall–Kier alpha value is -2.29. The highest BCUT2D eigenvalue weighted by Crippen LogP contribution is 2.27. The van der Waals surface area contributed by atoms with Crippen molar-refractivity contribution in [3.8, 4) is 11.8 Å². The lowest BCUT2D eigenvalue weighted by Crippen LogP contribution is -2.18. The molecule has 0 heterocycles. The van der Waals surface area contributed by atoms with Crippen LogP contribution in [0.1, 0.15) is 5.56 Å². The number of benzene rings is 2. The van der Waals surface area contributed by atoms with Gasteiger partial charge in [-0.2, -0.15) is 5.26 Å². The molecule has 2 aromatic carbocycles. The molecular formula is C15H12ClN3OS. The molecule has 2 rings (SSSR count). The number of nitrogens with one attached hydrogen (secondary N) is 2. The van der Waals surface area contributed by atoms with Crippen molar-refractivity contribution in [2.75, 3.05) is 17.7 Å². The van der Waals surface area contributed by atoms with Crippen LogP contribution in [0.4, 0.5) is 11.4 Å². The fourth-order valence-corrected chi connectivity index (χ4v) is 2.16. The first-order valence-electron chi connectivity index (χ1n) is 6.04. The first kappa shape index (κ1) is 15.1. The van der Waals surface area contributed by atoms with Crippen LogP contribution in [0.3, 0.4) is 0 Å². The zero-order valence-corrected chi connectivity index (χ0v) is 12.8. The molecule has 2 N–H and O–H groups in total. The van der Waals surface area contributed by atoms with Gasteiger partial charge in [0.1, 0.15) is 5.75 Å². The highest BCUT2D eigenvalue weighted by Gasteiger charge is 2.04. The SMILES string of the molecule is COc1ccc(NC(=S)Nc2ccc(C#N)cc2)cc1Cl. The molecule has 0 aromatic heterocycles. The van der Waals surface area contributed by atoms with Crippen molar-refractivity contribution >= 4 is 40.3 Å². The van der Waals surface area contributed by atoms with E-state index in [4.69, 9.17) is 33.8 Å². The predicted octanol–water partition coefficient (Wildman–Crippen LogP) is 4.03. The first-order chi connectivity index (χ1) is 10.1. The van der Waals surface area contributed by atoms with Crippen molar-refractivity contribution in [1.29, 1.82) is 5.26 Å². The third-order valence-corrected chi connectivity index (χ3v) is 3.18. The van der Waals surface area contributed by atoms with Crippen molar-refractivity contribution in [2.45, 2.75) is 0 Å². The largest absolute Gasteiger partial charge is 0.495 e. The number of halogens is 1. The van der Waals surface area contributed by atoms with Crippen LogP contribution >= 0.6 is 23.8 Å². The predicted molar refractivity (Wildman–Crippen MR) is 89.0 cm³/mol. The molecule has 2 aromatic rings. The minimum atomic E-state index is 0.431. The van der Waals surface area contributed by atoms with E-state index >= 15 is 0 Å². The summed E-state index contributed by atoms with van der Waals surface area (Å²) in [6.45, 7) is 0. The molecule has 4 nitrogen and oxygen atoms in total. The zero-order chi connectivity index (χ0) is 15.2. The van der Waals surface area contributed by atoms with Gasteiger partial charge in [0.15, 0.2) is 5.11 Å². The summed E-state index contributed by atoms with van der Waals surface area (Å²) in [4.78, 5) is 0. The Balaban J connectivity index is 2.01. The Morgan fingerprint density at radius 2 is 1.76 bits per heavy atom. The van der Waals surface area contributed by atoms with Gasteiger partial charge in [-0.3, -0.25) is 0 Å². The minimum absolute atomic E-state index is 0.431. The van der Waals surface area contributed by atoms with Gasteiger partial charge in [0, 0.05) is 11.4 Å². The van der Waals surface area contributed by atoms with E-state index in [9.17, 15) is 0 Å². The molecule has 0 aliphatic rings. The van der Waals surface area contributed by atoms with Crippen LogP contribution in [0, 0.1) is 11.3 Å². The fraction of sp³-hybridized carbons (Fsp3) is 0.0667. The maximum Gasteiger partial charge on any atom is 0.175 e. The number of rotatable bonds is 3. The second-order valence-corrected chi connectivity index (χ2v) is 4.93. The number of anilines is 2. The molecule has 21 heavy (non-hydrogen) atoms. The van der Waals surface area contributed by atoms with E-state index in [-0.39, 0.29) is 0 Å². The lowest BCUT2D eigenvalue weighted by atomic mass is 10.2. The van der Waals surface area contributed by atoms with Crippen molar-refractivity contribution in [2.24, 2.45) is 0 Å². The third kappa shape index (κ3) is 4.09. The van der Waals surface area contributed by atoms with Crippen LogP contribution in [0.2, 0.25) is 5.02 Å². The molecule has 0 atom stereocenters. The minimum Gasteiger partial charge on any atom is -0.495 e. The monoisotopic (exact) mass is 317 g/mol. The third-order valence-electron chi connectivity index (χ3n) is 2.68. The number of hydrogen-bond donors (Lipinski definition) is 2. The van der Waals surface area contributed by atoms with Crippen LogP contribution in [0.15, 0.2) is 42.5 Å². The summed E-state index contributed by atoms with van der Waals surface area (Å²) in [6.07, 6.45) is 0. The second-order valence-electron chi connectivity index (χ2n) is 4.12. The molecule has 0 saturated heterocycles. The van der Waals surface area contributed by atoms with Crippen molar-refractivity contribution in [1.82, 2.24) is 0 Å². The van der Waals surface area contributed by atoms with Crippen molar-refractivity contribution < 1.29 is 4.74 Å². The topological polar surface area (TPSA) is 57.1 Å². The molecule has 0 aliphatic heterocycles. The normalized spacial score (nSPS) is 9.57. The van der Waals surface area contributed by atoms with Gasteiger partial charge < -0.3 is 15.4 Å². The van der Waals surface area contributed by atoms with E-state index in [0.717, 1.165) is 11.4 Å². The fourth-order valence-electron chi connectivity index (χ4n) is 1.67. The number of ether oxygens (including phenoxy) is 1. The first-order valence-corrected chi connectivity index (χ1v) is 6.82. The van der Waals surface area contributed by atoms with Gasteiger partial charge in [-0.25, -0.2) is 0 Å². The Kier molecular flexibility index (Phi) is 4.99. The summed E-state index contributed by atoms with van der Waals surface area (Å²) in [7, 11) is 1.56. The molecule has 0 radical (unpaired) electrons. The lowest BCUT2D eigenvalue weighted by molar-refractivity contribution is 0.415. The Labute approximate surface area is 133 Å². The van der Waals surface area contributed by atoms with E-state index in [1.165, 1.54) is 0 Å². The number of hydrogen-bond acceptors (Lipinski definition) is 3. The molecular weight excluding hydrogens is 306 g/mol. The van der Waals surface area contributed by atoms with Crippen LogP contribution in [-0.2, 0) is 0 Å². The van der Waals surface area contributed by atoms with Gasteiger partial charge in [0.05, 0.1) is 23.8 Å². The summed E-state index contributed by atoms with van der Waals surface area (Å²) >= 11 is 11.3. The van der Waals surface area contributed by atoms with Gasteiger partial charge in [0.2, 0.25) is 0 Å². The van der Waals surface area contributed by atoms with E-state index in [0.29, 0.717) is 21.4 Å². The molecule has 0 spiro atoms. The van der Waals surface area contributed by atoms with E-state index < -0.39 is 0 Å². The van der Waals surface area contributed by atoms with Crippen LogP contribution < -0.4 is 15.4 Å². The van der Waals surface area contributed by atoms with Crippen LogP contribution in [0.25, 0.3) is 0 Å². The highest BCUT2D eigenvalue weighted by molar-refractivity contribution is 7.80. The second kappa shape index (κ2) is 6.93. The summed E-state index contributed by atoms with van der Waals surface area (Å²) in [5.41, 5.74) is 2.15. The van der Waals surface area contributed by atoms with Crippen LogP contribution in [-0.4, -0.2) is 12.2 Å². The average molecular weight is 318 g/mol. The van der Waals surface area contributed by atoms with Gasteiger partial charge in [-0.1, -0.05) is 11.6 Å². The highest BCUT2D eigenvalue weighted by atomic mass is 35.5. The Morgan fingerprint density at radius 1 is 1.14 bits per heavy atom. The quantitative estimate of drug-likeness (QED) is 0.837. The number of methoxy groups -OCH3 is 1. The molecule has 106 valence electrons. The maximum absolute atomic E-state index is 8.74. The van der Waals surface area contributed by atoms with Gasteiger partial charge in [-0.05, 0) is 54.7 Å². The number of nitrogens with zero attached hydrogens (tertiary/aromatic N) is 1. The molecule has 0 saturated carbocycles. The van der Waals surface area contributed by atoms with E-state index in [2.05, 4.69) is 16.7 Å². The Bertz CT molecular complexity index is 695. The van der Waals surface area contributed by atoms with Crippen molar-refractivity contribution in [3.05, 3.63) is 53.1 Å². The lowest BCUT2D eigenvalue weighted by Gasteiger charge is -2.11. The van der Waals surface area contributed by atoms with Crippen molar-refractivity contribution in [3.63, 3.8) is 0 Å². The molecule has 0 aliphatic carbocycles. The average Bonchev–Trinajstić information content (AvgIpc) is 2.48. The molecule has 0 fully saturated rings. The van der Waals surface area contributed by atoms with E-state index in [1.807, 2.05) is 6.07 Å². The number of nitriles is 1. The summed E-state index contributed by atoms with van der Waals surface area (Å²) in [5.74, 6) is 0.605. The summed E-state index contributed by atoms with van der Waals surface area (Å²) in [6, 6.07) is 14.4. The molecule has 0 amide bonds. The van der Waals surface area contributed by atoms with Gasteiger partial charge in [-0.15, -0.1) is 0 Å². The zero-order valence-electron chi connectivity index (χ0n) is 11.2.